The van der Waals surface area contributed by atoms with Crippen molar-refractivity contribution in [2.75, 3.05) is 4.90 Å². The molecule has 3 nitrogen and oxygen atoms in total. The standard InChI is InChI=1S/C54H35NO2/c1-2-10-36(11-3-1)37-20-22-38(23-21-37)39-24-30-42(31-25-39)55(43-32-26-40(27-33-43)45-14-8-18-51-53(45)47-12-4-6-16-49(47)56-51)44-34-28-41(29-35-44)46-15-9-19-52-54(46)48-13-5-7-17-50(48)57-52/h1-2,4,6-10,12,14-35H,5,13H2. The second-order valence-electron chi connectivity index (χ2n) is 14.6. The number of allylic oxidation sites excluding steroid dienone is 1. The van der Waals surface area contributed by atoms with Gasteiger partial charge in [-0.3, -0.25) is 0 Å². The van der Waals surface area contributed by atoms with Gasteiger partial charge in [-0.2, -0.15) is 0 Å². The third-order valence-electron chi connectivity index (χ3n) is 11.3. The molecule has 2 aromatic heterocycles. The minimum absolute atomic E-state index is 0.897. The van der Waals surface area contributed by atoms with Crippen molar-refractivity contribution < 1.29 is 8.83 Å². The second kappa shape index (κ2) is 13.6. The monoisotopic (exact) mass is 729 g/mol. The molecule has 0 fully saturated rings. The lowest BCUT2D eigenvalue weighted by Gasteiger charge is -2.26. The molecule has 3 heteroatoms. The average molecular weight is 730 g/mol. The maximum absolute atomic E-state index is 6.28. The summed E-state index contributed by atoms with van der Waals surface area (Å²) < 4.78 is 12.5. The molecule has 0 spiro atoms. The molecule has 268 valence electrons. The Hall–Kier alpha value is -7.54. The number of hydrogen-bond donors (Lipinski definition) is 0. The lowest BCUT2D eigenvalue weighted by atomic mass is 9.94. The highest BCUT2D eigenvalue weighted by Gasteiger charge is 2.20. The fourth-order valence-electron chi connectivity index (χ4n) is 8.48. The molecule has 10 aromatic rings. The lowest BCUT2D eigenvalue weighted by Crippen LogP contribution is -2.09. The molecule has 8 aromatic carbocycles. The predicted octanol–water partition coefficient (Wildman–Crippen LogP) is 15.0. The van der Waals surface area contributed by atoms with E-state index in [0.29, 0.717) is 0 Å². The van der Waals surface area contributed by atoms with Crippen molar-refractivity contribution >= 4 is 56.0 Å². The molecule has 1 aliphatic rings. The van der Waals surface area contributed by atoms with Crippen molar-refractivity contribution in [2.45, 2.75) is 12.8 Å². The fourth-order valence-corrected chi connectivity index (χ4v) is 8.48. The maximum Gasteiger partial charge on any atom is 0.136 e. The van der Waals surface area contributed by atoms with Crippen molar-refractivity contribution in [3.05, 3.63) is 205 Å². The highest BCUT2D eigenvalue weighted by molar-refractivity contribution is 6.12. The summed E-state index contributed by atoms with van der Waals surface area (Å²) in [5.41, 5.74) is 16.4. The summed E-state index contributed by atoms with van der Waals surface area (Å²) in [7, 11) is 0. The van der Waals surface area contributed by atoms with Gasteiger partial charge in [0.2, 0.25) is 0 Å². The van der Waals surface area contributed by atoms with E-state index in [4.69, 9.17) is 8.83 Å². The van der Waals surface area contributed by atoms with Crippen molar-refractivity contribution in [3.8, 4) is 44.5 Å². The van der Waals surface area contributed by atoms with Crippen LogP contribution in [-0.4, -0.2) is 0 Å². The van der Waals surface area contributed by atoms with Crippen molar-refractivity contribution in [3.63, 3.8) is 0 Å². The Morgan fingerprint density at radius 3 is 1.67 bits per heavy atom. The summed E-state index contributed by atoms with van der Waals surface area (Å²) in [4.78, 5) is 2.33. The molecule has 57 heavy (non-hydrogen) atoms. The molecule has 0 atom stereocenters. The lowest BCUT2D eigenvalue weighted by molar-refractivity contribution is 0.595. The number of fused-ring (bicyclic) bond motifs is 6. The number of rotatable bonds is 7. The largest absolute Gasteiger partial charge is 0.456 e. The maximum atomic E-state index is 6.28. The van der Waals surface area contributed by atoms with E-state index in [1.807, 2.05) is 24.3 Å². The van der Waals surface area contributed by atoms with E-state index in [1.165, 1.54) is 22.1 Å². The first-order chi connectivity index (χ1) is 28.2. The van der Waals surface area contributed by atoms with E-state index < -0.39 is 0 Å². The van der Waals surface area contributed by atoms with Gasteiger partial charge in [-0.25, -0.2) is 0 Å². The summed E-state index contributed by atoms with van der Waals surface area (Å²) in [5, 5.41) is 3.49. The summed E-state index contributed by atoms with van der Waals surface area (Å²) in [6, 6.07) is 68.6. The summed E-state index contributed by atoms with van der Waals surface area (Å²) in [5.74, 6) is 0.986. The van der Waals surface area contributed by atoms with Crippen molar-refractivity contribution in [1.29, 1.82) is 0 Å². The van der Waals surface area contributed by atoms with E-state index in [9.17, 15) is 0 Å². The van der Waals surface area contributed by atoms with Crippen LogP contribution in [-0.2, 0) is 6.42 Å². The van der Waals surface area contributed by atoms with Crippen LogP contribution in [0, 0.1) is 12.1 Å². The zero-order valence-electron chi connectivity index (χ0n) is 31.1. The number of benzene rings is 7. The number of anilines is 3. The van der Waals surface area contributed by atoms with Gasteiger partial charge < -0.3 is 13.7 Å². The third-order valence-corrected chi connectivity index (χ3v) is 11.3. The van der Waals surface area contributed by atoms with Crippen LogP contribution < -0.4 is 4.90 Å². The molecule has 11 rings (SSSR count). The number of aryl methyl sites for hydroxylation is 1. The Labute approximate surface area is 331 Å². The first-order valence-corrected chi connectivity index (χ1v) is 19.5. The van der Waals surface area contributed by atoms with Gasteiger partial charge in [0.25, 0.3) is 0 Å². The molecule has 0 N–H and O–H groups in total. The Morgan fingerprint density at radius 1 is 0.456 bits per heavy atom. The van der Waals surface area contributed by atoms with Gasteiger partial charge in [0.05, 0.1) is 0 Å². The Kier molecular flexibility index (Phi) is 7.86. The van der Waals surface area contributed by atoms with Gasteiger partial charge >= 0.3 is 0 Å². The highest BCUT2D eigenvalue weighted by Crippen LogP contribution is 2.42. The molecule has 0 amide bonds. The summed E-state index contributed by atoms with van der Waals surface area (Å²) in [6.45, 7) is 0. The molecular formula is C54H35NO2. The second-order valence-corrected chi connectivity index (χ2v) is 14.6. The van der Waals surface area contributed by atoms with E-state index in [2.05, 4.69) is 181 Å². The quantitative estimate of drug-likeness (QED) is 0.164. The van der Waals surface area contributed by atoms with Gasteiger partial charge in [0.1, 0.15) is 22.5 Å². The minimum atomic E-state index is 0.897. The van der Waals surface area contributed by atoms with Crippen LogP contribution in [0.4, 0.5) is 17.1 Å². The SMILES string of the molecule is c1cccc(-c2ccc(-c3ccc(N(c4ccc(-c5cccc6oc7c(c56)CCC=C7)cc4)c4ccc(-c5cccc6oc7ccccc7c56)cc4)cc3)cc2)c#1. The van der Waals surface area contributed by atoms with Gasteiger partial charge in [0, 0.05) is 44.3 Å². The summed E-state index contributed by atoms with van der Waals surface area (Å²) >= 11 is 0. The number of hydrogen-bond acceptors (Lipinski definition) is 3. The topological polar surface area (TPSA) is 29.5 Å². The van der Waals surface area contributed by atoms with Gasteiger partial charge in [-0.15, -0.1) is 0 Å². The van der Waals surface area contributed by atoms with Gasteiger partial charge in [-0.1, -0.05) is 127 Å². The number of furan rings is 2. The first-order valence-electron chi connectivity index (χ1n) is 19.5. The first kappa shape index (κ1) is 32.9. The van der Waals surface area contributed by atoms with Crippen LogP contribution >= 0.6 is 0 Å². The van der Waals surface area contributed by atoms with E-state index in [-0.39, 0.29) is 0 Å². The molecule has 2 heterocycles. The molecule has 0 aliphatic heterocycles. The van der Waals surface area contributed by atoms with Crippen LogP contribution in [0.2, 0.25) is 0 Å². The highest BCUT2D eigenvalue weighted by atomic mass is 16.3. The summed E-state index contributed by atoms with van der Waals surface area (Å²) in [6.07, 6.45) is 6.35. The zero-order valence-corrected chi connectivity index (χ0v) is 31.1. The third kappa shape index (κ3) is 5.79. The number of para-hydroxylation sites is 1. The van der Waals surface area contributed by atoms with Crippen molar-refractivity contribution in [2.24, 2.45) is 0 Å². The zero-order chi connectivity index (χ0) is 37.7. The molecule has 0 saturated carbocycles. The molecule has 0 unspecified atom stereocenters. The van der Waals surface area contributed by atoms with Gasteiger partial charge in [0.15, 0.2) is 0 Å². The molecule has 0 saturated heterocycles. The van der Waals surface area contributed by atoms with Crippen LogP contribution in [0.25, 0.3) is 83.5 Å². The van der Waals surface area contributed by atoms with E-state index in [1.54, 1.807) is 0 Å². The Balaban J connectivity index is 0.976. The molecule has 1 aliphatic carbocycles. The fraction of sp³-hybridized carbons (Fsp3) is 0.0370. The molecule has 0 radical (unpaired) electrons. The normalized spacial score (nSPS) is 12.2. The molecule has 0 bridgehead atoms. The average Bonchev–Trinajstić information content (AvgIpc) is 3.87. The Bertz CT molecular complexity index is 3080. The number of nitrogens with zero attached hydrogens (tertiary/aromatic N) is 1. The minimum Gasteiger partial charge on any atom is -0.456 e. The smallest absolute Gasteiger partial charge is 0.136 e. The van der Waals surface area contributed by atoms with E-state index in [0.717, 1.165) is 96.6 Å². The van der Waals surface area contributed by atoms with Crippen LogP contribution in [0.3, 0.4) is 0 Å². The van der Waals surface area contributed by atoms with E-state index >= 15 is 0 Å². The van der Waals surface area contributed by atoms with Crippen LogP contribution in [0.15, 0.2) is 191 Å². The predicted molar refractivity (Wildman–Crippen MR) is 235 cm³/mol. The van der Waals surface area contributed by atoms with Gasteiger partial charge in [-0.05, 0) is 125 Å². The van der Waals surface area contributed by atoms with Crippen molar-refractivity contribution in [1.82, 2.24) is 0 Å². The Morgan fingerprint density at radius 2 is 1.02 bits per heavy atom. The molecular weight excluding hydrogens is 695 g/mol. The van der Waals surface area contributed by atoms with Crippen LogP contribution in [0.5, 0.6) is 0 Å². The van der Waals surface area contributed by atoms with Crippen LogP contribution in [0.1, 0.15) is 17.7 Å².